The van der Waals surface area contributed by atoms with E-state index in [0.29, 0.717) is 11.6 Å². The second-order valence-electron chi connectivity index (χ2n) is 5.18. The number of benzene rings is 1. The van der Waals surface area contributed by atoms with E-state index in [1.807, 2.05) is 26.1 Å². The summed E-state index contributed by atoms with van der Waals surface area (Å²) in [7, 11) is 1.85. The van der Waals surface area contributed by atoms with Crippen molar-refractivity contribution in [2.75, 3.05) is 7.05 Å². The van der Waals surface area contributed by atoms with Crippen LogP contribution in [0.4, 0.5) is 0 Å². The molecule has 0 unspecified atom stereocenters. The number of carbonyl (C=O) groups excluding carboxylic acids is 1. The summed E-state index contributed by atoms with van der Waals surface area (Å²) >= 11 is 0. The second-order valence-corrected chi connectivity index (χ2v) is 5.18. The predicted octanol–water partition coefficient (Wildman–Crippen LogP) is 3.11. The summed E-state index contributed by atoms with van der Waals surface area (Å²) in [5.41, 5.74) is 1.17. The summed E-state index contributed by atoms with van der Waals surface area (Å²) in [6.07, 6.45) is 5.82. The van der Waals surface area contributed by atoms with E-state index in [9.17, 15) is 9.90 Å². The third-order valence-electron chi connectivity index (χ3n) is 3.91. The van der Waals surface area contributed by atoms with Gasteiger partial charge in [0.25, 0.3) is 5.91 Å². The van der Waals surface area contributed by atoms with Gasteiger partial charge in [0.2, 0.25) is 0 Å². The summed E-state index contributed by atoms with van der Waals surface area (Å²) in [4.78, 5) is 14.2. The van der Waals surface area contributed by atoms with Gasteiger partial charge in [-0.25, -0.2) is 0 Å². The molecule has 1 aromatic carbocycles. The van der Waals surface area contributed by atoms with Crippen LogP contribution in [0.3, 0.4) is 0 Å². The van der Waals surface area contributed by atoms with Gasteiger partial charge in [-0.05, 0) is 31.4 Å². The summed E-state index contributed by atoms with van der Waals surface area (Å²) in [6, 6.07) is 5.65. The molecule has 98 valence electrons. The number of carbonyl (C=O) groups is 1. The molecule has 1 amide bonds. The molecule has 1 aliphatic carbocycles. The Hall–Kier alpha value is -1.51. The minimum atomic E-state index is -0.0666. The molecule has 3 nitrogen and oxygen atoms in total. The highest BCUT2D eigenvalue weighted by Gasteiger charge is 2.24. The van der Waals surface area contributed by atoms with Crippen LogP contribution in [-0.4, -0.2) is 29.0 Å². The van der Waals surface area contributed by atoms with Gasteiger partial charge in [-0.15, -0.1) is 0 Å². The average molecular weight is 247 g/mol. The molecule has 1 aromatic rings. The normalized spacial score (nSPS) is 16.6. The van der Waals surface area contributed by atoms with Crippen LogP contribution in [0.1, 0.15) is 48.0 Å². The van der Waals surface area contributed by atoms with E-state index in [1.54, 1.807) is 11.0 Å². The van der Waals surface area contributed by atoms with Gasteiger partial charge in [0.1, 0.15) is 5.75 Å². The molecule has 1 N–H and O–H groups in total. The molecule has 18 heavy (non-hydrogen) atoms. The molecular formula is C15H21NO2. The minimum absolute atomic E-state index is 0.0666. The monoisotopic (exact) mass is 247 g/mol. The van der Waals surface area contributed by atoms with Crippen molar-refractivity contribution in [2.45, 2.75) is 45.1 Å². The smallest absolute Gasteiger partial charge is 0.257 e. The lowest BCUT2D eigenvalue weighted by molar-refractivity contribution is 0.0693. The van der Waals surface area contributed by atoms with Crippen LogP contribution in [0.2, 0.25) is 0 Å². The van der Waals surface area contributed by atoms with Gasteiger partial charge in [-0.1, -0.05) is 31.4 Å². The Morgan fingerprint density at radius 3 is 2.61 bits per heavy atom. The van der Waals surface area contributed by atoms with E-state index in [4.69, 9.17) is 0 Å². The third kappa shape index (κ3) is 2.50. The third-order valence-corrected chi connectivity index (χ3v) is 3.91. The molecule has 3 heteroatoms. The van der Waals surface area contributed by atoms with Gasteiger partial charge in [-0.2, -0.15) is 0 Å². The molecular weight excluding hydrogens is 226 g/mol. The topological polar surface area (TPSA) is 40.5 Å². The first-order valence-electron chi connectivity index (χ1n) is 6.67. The van der Waals surface area contributed by atoms with Crippen molar-refractivity contribution in [2.24, 2.45) is 0 Å². The summed E-state index contributed by atoms with van der Waals surface area (Å²) in [6.45, 7) is 1.81. The molecule has 0 saturated heterocycles. The zero-order chi connectivity index (χ0) is 13.1. The van der Waals surface area contributed by atoms with Gasteiger partial charge in [0.05, 0.1) is 5.56 Å². The number of aryl methyl sites for hydroxylation is 1. The Balaban J connectivity index is 2.17. The van der Waals surface area contributed by atoms with Crippen molar-refractivity contribution in [3.8, 4) is 5.75 Å². The predicted molar refractivity (Wildman–Crippen MR) is 71.8 cm³/mol. The molecule has 0 aromatic heterocycles. The maximum absolute atomic E-state index is 12.4. The number of hydrogen-bond donors (Lipinski definition) is 1. The van der Waals surface area contributed by atoms with Gasteiger partial charge in [0.15, 0.2) is 0 Å². The van der Waals surface area contributed by atoms with E-state index in [-0.39, 0.29) is 11.7 Å². The molecule has 1 saturated carbocycles. The lowest BCUT2D eigenvalue weighted by atomic mass is 9.94. The molecule has 0 atom stereocenters. The highest BCUT2D eigenvalue weighted by atomic mass is 16.3. The highest BCUT2D eigenvalue weighted by Crippen LogP contribution is 2.26. The summed E-state index contributed by atoms with van der Waals surface area (Å²) in [5, 5.41) is 9.97. The van der Waals surface area contributed by atoms with Crippen molar-refractivity contribution >= 4 is 5.91 Å². The van der Waals surface area contributed by atoms with Crippen LogP contribution in [0.5, 0.6) is 5.75 Å². The first-order valence-corrected chi connectivity index (χ1v) is 6.67. The Morgan fingerprint density at radius 2 is 1.94 bits per heavy atom. The number of nitrogens with zero attached hydrogens (tertiary/aromatic N) is 1. The summed E-state index contributed by atoms with van der Waals surface area (Å²) < 4.78 is 0. The molecule has 1 aliphatic rings. The van der Waals surface area contributed by atoms with E-state index in [0.717, 1.165) is 18.4 Å². The van der Waals surface area contributed by atoms with E-state index < -0.39 is 0 Å². The average Bonchev–Trinajstić information content (AvgIpc) is 2.41. The highest BCUT2D eigenvalue weighted by molar-refractivity contribution is 5.97. The fourth-order valence-electron chi connectivity index (χ4n) is 2.66. The van der Waals surface area contributed by atoms with Crippen LogP contribution in [0.25, 0.3) is 0 Å². The second kappa shape index (κ2) is 5.42. The van der Waals surface area contributed by atoms with Crippen LogP contribution in [0, 0.1) is 6.92 Å². The zero-order valence-corrected chi connectivity index (χ0v) is 11.1. The van der Waals surface area contributed by atoms with E-state index in [1.165, 1.54) is 19.3 Å². The van der Waals surface area contributed by atoms with Gasteiger partial charge in [-0.3, -0.25) is 4.79 Å². The lowest BCUT2D eigenvalue weighted by Gasteiger charge is -2.31. The van der Waals surface area contributed by atoms with Crippen molar-refractivity contribution in [1.82, 2.24) is 4.90 Å². The quantitative estimate of drug-likeness (QED) is 0.872. The van der Waals surface area contributed by atoms with Crippen LogP contribution >= 0.6 is 0 Å². The SMILES string of the molecule is Cc1cccc(C(=O)N(C)C2CCCCC2)c1O. The van der Waals surface area contributed by atoms with Gasteiger partial charge in [0, 0.05) is 13.1 Å². The minimum Gasteiger partial charge on any atom is -0.507 e. The van der Waals surface area contributed by atoms with E-state index >= 15 is 0 Å². The maximum atomic E-state index is 12.4. The Labute approximate surface area is 108 Å². The number of aromatic hydroxyl groups is 1. The van der Waals surface area contributed by atoms with Gasteiger partial charge >= 0.3 is 0 Å². The first-order chi connectivity index (χ1) is 8.61. The van der Waals surface area contributed by atoms with Crippen LogP contribution < -0.4 is 0 Å². The van der Waals surface area contributed by atoms with E-state index in [2.05, 4.69) is 0 Å². The zero-order valence-electron chi connectivity index (χ0n) is 11.1. The number of phenolic OH excluding ortho intramolecular Hbond substituents is 1. The molecule has 1 fully saturated rings. The molecule has 0 radical (unpaired) electrons. The number of amides is 1. The number of para-hydroxylation sites is 1. The van der Waals surface area contributed by atoms with Crippen LogP contribution in [0.15, 0.2) is 18.2 Å². The number of phenols is 1. The molecule has 0 spiro atoms. The standard InChI is InChI=1S/C15H21NO2/c1-11-7-6-10-13(14(11)17)15(18)16(2)12-8-4-3-5-9-12/h6-7,10,12,17H,3-5,8-9H2,1-2H3. The van der Waals surface area contributed by atoms with Crippen molar-refractivity contribution in [3.05, 3.63) is 29.3 Å². The molecule has 2 rings (SSSR count). The summed E-state index contributed by atoms with van der Waals surface area (Å²) in [5.74, 6) is 0.0493. The molecule has 0 heterocycles. The van der Waals surface area contributed by atoms with Crippen molar-refractivity contribution in [3.63, 3.8) is 0 Å². The van der Waals surface area contributed by atoms with Crippen molar-refractivity contribution < 1.29 is 9.90 Å². The first kappa shape index (κ1) is 12.9. The largest absolute Gasteiger partial charge is 0.507 e. The number of hydrogen-bond acceptors (Lipinski definition) is 2. The molecule has 0 aliphatic heterocycles. The van der Waals surface area contributed by atoms with Gasteiger partial charge < -0.3 is 10.0 Å². The fraction of sp³-hybridized carbons (Fsp3) is 0.533. The number of rotatable bonds is 2. The fourth-order valence-corrected chi connectivity index (χ4v) is 2.66. The maximum Gasteiger partial charge on any atom is 0.257 e. The lowest BCUT2D eigenvalue weighted by Crippen LogP contribution is -2.38. The Bertz CT molecular complexity index is 436. The van der Waals surface area contributed by atoms with Crippen LogP contribution in [-0.2, 0) is 0 Å². The Morgan fingerprint density at radius 1 is 1.28 bits per heavy atom. The Kier molecular flexibility index (Phi) is 3.90. The molecule has 0 bridgehead atoms. The van der Waals surface area contributed by atoms with Crippen molar-refractivity contribution in [1.29, 1.82) is 0 Å².